The number of amides is 2. The number of nitrogens with one attached hydrogen (secondary N) is 1. The maximum Gasteiger partial charge on any atom is 0.251 e. The highest BCUT2D eigenvalue weighted by molar-refractivity contribution is 7.99. The molecule has 1 aliphatic rings. The van der Waals surface area contributed by atoms with Gasteiger partial charge in [0.2, 0.25) is 5.91 Å². The van der Waals surface area contributed by atoms with Crippen molar-refractivity contribution < 1.29 is 9.59 Å². The summed E-state index contributed by atoms with van der Waals surface area (Å²) in [7, 11) is 0. The molecule has 9 heteroatoms. The van der Waals surface area contributed by atoms with Crippen LogP contribution >= 0.6 is 23.1 Å². The number of nitrogens with two attached hydrogens (primary N) is 1. The van der Waals surface area contributed by atoms with Gasteiger partial charge in [-0.15, -0.1) is 21.5 Å². The van der Waals surface area contributed by atoms with Crippen LogP contribution < -0.4 is 11.1 Å². The second-order valence-corrected chi connectivity index (χ2v) is 7.21. The number of thioether (sulfide) groups is 1. The number of nitrogens with zero attached hydrogens (tertiary/aromatic N) is 3. The molecule has 0 bridgehead atoms. The van der Waals surface area contributed by atoms with E-state index < -0.39 is 5.91 Å². The van der Waals surface area contributed by atoms with E-state index in [2.05, 4.69) is 15.5 Å². The van der Waals surface area contributed by atoms with Crippen LogP contribution in [-0.2, 0) is 24.2 Å². The standard InChI is InChI=1S/C14H17N5O2S2/c1-2-19-7-16-18-14(19)22-6-10(20)17-13-11(12(15)21)8-4-3-5-9(8)23-13/h7H,2-6H2,1H3,(H2,15,21)(H,17,20). The third-order valence-corrected chi connectivity index (χ3v) is 5.86. The topological polar surface area (TPSA) is 103 Å². The predicted molar refractivity (Wildman–Crippen MR) is 89.9 cm³/mol. The number of aryl methyl sites for hydroxylation is 2. The Balaban J connectivity index is 1.68. The number of hydrogen-bond donors (Lipinski definition) is 2. The van der Waals surface area contributed by atoms with Gasteiger partial charge in [-0.25, -0.2) is 0 Å². The van der Waals surface area contributed by atoms with Crippen molar-refractivity contribution in [1.29, 1.82) is 0 Å². The third-order valence-electron chi connectivity index (χ3n) is 3.67. The van der Waals surface area contributed by atoms with Crippen molar-refractivity contribution in [3.8, 4) is 0 Å². The van der Waals surface area contributed by atoms with E-state index in [1.165, 1.54) is 23.1 Å². The molecular formula is C14H17N5O2S2. The molecule has 2 aromatic rings. The molecular weight excluding hydrogens is 334 g/mol. The summed E-state index contributed by atoms with van der Waals surface area (Å²) < 4.78 is 1.87. The lowest BCUT2D eigenvalue weighted by atomic mass is 10.1. The zero-order valence-electron chi connectivity index (χ0n) is 12.7. The third kappa shape index (κ3) is 3.25. The SMILES string of the molecule is CCn1cnnc1SCC(=O)Nc1sc2c(c1C(N)=O)CCC2. The summed E-state index contributed by atoms with van der Waals surface area (Å²) in [5, 5.41) is 11.9. The van der Waals surface area contributed by atoms with Gasteiger partial charge < -0.3 is 15.6 Å². The Bertz CT molecular complexity index is 752. The van der Waals surface area contributed by atoms with Gasteiger partial charge >= 0.3 is 0 Å². The molecule has 0 spiro atoms. The first-order valence-corrected chi connectivity index (χ1v) is 9.15. The number of thiophene rings is 1. The molecule has 1 aliphatic carbocycles. The first-order chi connectivity index (χ1) is 11.1. The minimum Gasteiger partial charge on any atom is -0.365 e. The highest BCUT2D eigenvalue weighted by Gasteiger charge is 2.26. The Morgan fingerprint density at radius 3 is 3.04 bits per heavy atom. The summed E-state index contributed by atoms with van der Waals surface area (Å²) in [6.45, 7) is 2.74. The van der Waals surface area contributed by atoms with Gasteiger partial charge in [-0.1, -0.05) is 11.8 Å². The number of anilines is 1. The molecule has 3 N–H and O–H groups in total. The molecule has 0 saturated carbocycles. The van der Waals surface area contributed by atoms with Crippen molar-refractivity contribution >= 4 is 39.9 Å². The average molecular weight is 351 g/mol. The number of carbonyl (C=O) groups is 2. The Morgan fingerprint density at radius 1 is 1.48 bits per heavy atom. The van der Waals surface area contributed by atoms with Crippen molar-refractivity contribution in [2.24, 2.45) is 5.73 Å². The number of hydrogen-bond acceptors (Lipinski definition) is 6. The van der Waals surface area contributed by atoms with Crippen LogP contribution in [-0.4, -0.2) is 32.3 Å². The lowest BCUT2D eigenvalue weighted by Gasteiger charge is -2.06. The summed E-state index contributed by atoms with van der Waals surface area (Å²) in [6, 6.07) is 0. The normalized spacial score (nSPS) is 13.1. The fourth-order valence-corrected chi connectivity index (χ4v) is 4.71. The smallest absolute Gasteiger partial charge is 0.251 e. The van der Waals surface area contributed by atoms with E-state index in [0.29, 0.717) is 15.7 Å². The molecule has 0 fully saturated rings. The second-order valence-electron chi connectivity index (χ2n) is 5.16. The number of aromatic nitrogens is 3. The molecule has 23 heavy (non-hydrogen) atoms. The largest absolute Gasteiger partial charge is 0.365 e. The fraction of sp³-hybridized carbons (Fsp3) is 0.429. The van der Waals surface area contributed by atoms with Crippen LogP contribution in [0, 0.1) is 0 Å². The molecule has 0 aliphatic heterocycles. The van der Waals surface area contributed by atoms with Crippen molar-refractivity contribution in [3.05, 3.63) is 22.3 Å². The first-order valence-electron chi connectivity index (χ1n) is 7.35. The number of fused-ring (bicyclic) bond motifs is 1. The summed E-state index contributed by atoms with van der Waals surface area (Å²) in [5.74, 6) is -0.444. The van der Waals surface area contributed by atoms with E-state index in [0.717, 1.165) is 36.2 Å². The van der Waals surface area contributed by atoms with Crippen LogP contribution in [0.2, 0.25) is 0 Å². The van der Waals surface area contributed by atoms with E-state index in [4.69, 9.17) is 5.73 Å². The van der Waals surface area contributed by atoms with E-state index >= 15 is 0 Å². The van der Waals surface area contributed by atoms with Crippen molar-refractivity contribution in [3.63, 3.8) is 0 Å². The Hall–Kier alpha value is -1.87. The minimum absolute atomic E-state index is 0.178. The second kappa shape index (κ2) is 6.71. The fourth-order valence-electron chi connectivity index (χ4n) is 2.62. The summed E-state index contributed by atoms with van der Waals surface area (Å²) in [5.41, 5.74) is 6.98. The van der Waals surface area contributed by atoms with Gasteiger partial charge in [-0.3, -0.25) is 9.59 Å². The zero-order valence-corrected chi connectivity index (χ0v) is 14.3. The molecule has 0 aromatic carbocycles. The maximum atomic E-state index is 12.2. The maximum absolute atomic E-state index is 12.2. The lowest BCUT2D eigenvalue weighted by molar-refractivity contribution is -0.113. The summed E-state index contributed by atoms with van der Waals surface area (Å²) in [4.78, 5) is 25.0. The highest BCUT2D eigenvalue weighted by Crippen LogP contribution is 2.38. The minimum atomic E-state index is -0.474. The molecule has 0 radical (unpaired) electrons. The quantitative estimate of drug-likeness (QED) is 0.771. The van der Waals surface area contributed by atoms with E-state index in [1.807, 2.05) is 11.5 Å². The van der Waals surface area contributed by atoms with Crippen LogP contribution in [0.15, 0.2) is 11.5 Å². The van der Waals surface area contributed by atoms with Gasteiger partial charge in [0.1, 0.15) is 11.3 Å². The van der Waals surface area contributed by atoms with E-state index in [-0.39, 0.29) is 11.7 Å². The van der Waals surface area contributed by atoms with E-state index in [9.17, 15) is 9.59 Å². The van der Waals surface area contributed by atoms with Gasteiger partial charge in [0.25, 0.3) is 5.91 Å². The van der Waals surface area contributed by atoms with Gasteiger partial charge in [0.05, 0.1) is 11.3 Å². The number of carbonyl (C=O) groups excluding carboxylic acids is 2. The molecule has 0 atom stereocenters. The van der Waals surface area contributed by atoms with Gasteiger partial charge in [-0.05, 0) is 31.7 Å². The zero-order chi connectivity index (χ0) is 16.4. The van der Waals surface area contributed by atoms with Crippen molar-refractivity contribution in [1.82, 2.24) is 14.8 Å². The average Bonchev–Trinajstić information content (AvgIpc) is 3.19. The molecule has 0 saturated heterocycles. The van der Waals surface area contributed by atoms with Gasteiger partial charge in [0.15, 0.2) is 5.16 Å². The van der Waals surface area contributed by atoms with Crippen LogP contribution in [0.4, 0.5) is 5.00 Å². The van der Waals surface area contributed by atoms with Crippen molar-refractivity contribution in [2.75, 3.05) is 11.1 Å². The molecule has 0 unspecified atom stereocenters. The molecule has 2 heterocycles. The molecule has 7 nitrogen and oxygen atoms in total. The predicted octanol–water partition coefficient (Wildman–Crippen LogP) is 1.68. The van der Waals surface area contributed by atoms with Crippen molar-refractivity contribution in [2.45, 2.75) is 37.9 Å². The molecule has 2 aromatic heterocycles. The number of primary amides is 1. The van der Waals surface area contributed by atoms with Crippen LogP contribution in [0.1, 0.15) is 34.1 Å². The monoisotopic (exact) mass is 351 g/mol. The van der Waals surface area contributed by atoms with Gasteiger partial charge in [-0.2, -0.15) is 0 Å². The molecule has 3 rings (SSSR count). The Labute approximate surface area is 141 Å². The van der Waals surface area contributed by atoms with Crippen LogP contribution in [0.5, 0.6) is 0 Å². The Morgan fingerprint density at radius 2 is 2.30 bits per heavy atom. The molecule has 122 valence electrons. The number of rotatable bonds is 6. The lowest BCUT2D eigenvalue weighted by Crippen LogP contribution is -2.19. The van der Waals surface area contributed by atoms with E-state index in [1.54, 1.807) is 6.33 Å². The Kier molecular flexibility index (Phi) is 4.67. The summed E-state index contributed by atoms with van der Waals surface area (Å²) >= 11 is 2.78. The first kappa shape index (κ1) is 16.0. The van der Waals surface area contributed by atoms with Gasteiger partial charge in [0, 0.05) is 11.4 Å². The highest BCUT2D eigenvalue weighted by atomic mass is 32.2. The van der Waals surface area contributed by atoms with Crippen LogP contribution in [0.3, 0.4) is 0 Å². The van der Waals surface area contributed by atoms with Crippen LogP contribution in [0.25, 0.3) is 0 Å². The summed E-state index contributed by atoms with van der Waals surface area (Å²) in [6.07, 6.45) is 4.48. The molecule has 2 amide bonds.